The fraction of sp³-hybridized carbons (Fsp3) is 0.528. The molecule has 3 saturated carbocycles. The predicted molar refractivity (Wildman–Crippen MR) is 169 cm³/mol. The number of rotatable bonds is 7. The van der Waals surface area contributed by atoms with Crippen LogP contribution in [0.4, 0.5) is 4.79 Å². The standard InChI is InChI=1S/C36H44O6S/c37-36(42-35(43(38,39)40)31-22-12-20-26-19-10-11-21-30(26)31)41-34-32(27-15-6-2-7-16-27)23-29(25-13-4-1-5-14-25)24-33(34)28-17-8-3-9-18-28/h10-12,19-25,27-28,35H,1-9,13-18H2,(H,38,39,40). The molecule has 0 radical (unpaired) electrons. The van der Waals surface area contributed by atoms with E-state index in [0.29, 0.717) is 17.1 Å². The Kier molecular flexibility index (Phi) is 9.39. The van der Waals surface area contributed by atoms with Gasteiger partial charge in [0.1, 0.15) is 5.75 Å². The molecule has 3 aromatic rings. The maximum atomic E-state index is 13.6. The molecule has 1 N–H and O–H groups in total. The maximum Gasteiger partial charge on any atom is 0.515 e. The van der Waals surface area contributed by atoms with Crippen molar-refractivity contribution >= 4 is 27.0 Å². The van der Waals surface area contributed by atoms with E-state index in [-0.39, 0.29) is 17.4 Å². The number of benzene rings is 3. The van der Waals surface area contributed by atoms with Crippen LogP contribution in [0, 0.1) is 0 Å². The summed E-state index contributed by atoms with van der Waals surface area (Å²) in [4.78, 5) is 13.6. The molecule has 1 unspecified atom stereocenters. The average Bonchev–Trinajstić information content (AvgIpc) is 3.04. The van der Waals surface area contributed by atoms with Crippen molar-refractivity contribution in [1.82, 2.24) is 0 Å². The minimum absolute atomic E-state index is 0.199. The van der Waals surface area contributed by atoms with Crippen molar-refractivity contribution in [2.45, 2.75) is 120 Å². The Bertz CT molecular complexity index is 1480. The minimum atomic E-state index is -4.80. The highest BCUT2D eigenvalue weighted by atomic mass is 32.2. The van der Waals surface area contributed by atoms with Crippen LogP contribution in [0.3, 0.4) is 0 Å². The van der Waals surface area contributed by atoms with Crippen LogP contribution in [-0.4, -0.2) is 19.1 Å². The van der Waals surface area contributed by atoms with E-state index in [1.165, 1.54) is 50.5 Å². The molecule has 0 amide bonds. The zero-order chi connectivity index (χ0) is 29.8. The van der Waals surface area contributed by atoms with Gasteiger partial charge in [-0.05, 0) is 83.7 Å². The second-order valence-corrected chi connectivity index (χ2v) is 14.4. The van der Waals surface area contributed by atoms with Crippen molar-refractivity contribution in [3.8, 4) is 5.75 Å². The molecule has 1 atom stereocenters. The number of carbonyl (C=O) groups excluding carboxylic acids is 1. The van der Waals surface area contributed by atoms with Gasteiger partial charge in [-0.15, -0.1) is 0 Å². The van der Waals surface area contributed by atoms with Crippen molar-refractivity contribution in [2.24, 2.45) is 0 Å². The minimum Gasteiger partial charge on any atom is -0.407 e. The van der Waals surface area contributed by atoms with E-state index in [1.54, 1.807) is 24.3 Å². The van der Waals surface area contributed by atoms with Crippen LogP contribution < -0.4 is 4.74 Å². The van der Waals surface area contributed by atoms with Crippen LogP contribution in [-0.2, 0) is 14.9 Å². The monoisotopic (exact) mass is 604 g/mol. The Hall–Kier alpha value is -2.90. The third-order valence-electron chi connectivity index (χ3n) is 10.1. The van der Waals surface area contributed by atoms with Crippen LogP contribution >= 0.6 is 0 Å². The van der Waals surface area contributed by atoms with Gasteiger partial charge in [0.2, 0.25) is 0 Å². The molecule has 43 heavy (non-hydrogen) atoms. The Morgan fingerprint density at radius 2 is 1.21 bits per heavy atom. The molecule has 6 rings (SSSR count). The van der Waals surface area contributed by atoms with Gasteiger partial charge >= 0.3 is 16.3 Å². The topological polar surface area (TPSA) is 89.9 Å². The largest absolute Gasteiger partial charge is 0.515 e. The van der Waals surface area contributed by atoms with Gasteiger partial charge in [-0.25, -0.2) is 4.79 Å². The lowest BCUT2D eigenvalue weighted by Crippen LogP contribution is -2.23. The second-order valence-electron chi connectivity index (χ2n) is 12.9. The molecule has 0 bridgehead atoms. The first-order valence-electron chi connectivity index (χ1n) is 16.4. The third-order valence-corrected chi connectivity index (χ3v) is 11.0. The summed E-state index contributed by atoms with van der Waals surface area (Å²) in [6.45, 7) is 0. The lowest BCUT2D eigenvalue weighted by molar-refractivity contribution is 0.0822. The van der Waals surface area contributed by atoms with Gasteiger partial charge in [0.05, 0.1) is 0 Å². The van der Waals surface area contributed by atoms with Crippen molar-refractivity contribution in [1.29, 1.82) is 0 Å². The lowest BCUT2D eigenvalue weighted by Gasteiger charge is -2.31. The van der Waals surface area contributed by atoms with E-state index in [2.05, 4.69) is 12.1 Å². The van der Waals surface area contributed by atoms with E-state index >= 15 is 0 Å². The molecular formula is C36H44O6S. The Balaban J connectivity index is 1.39. The molecule has 0 spiro atoms. The molecule has 7 heteroatoms. The van der Waals surface area contributed by atoms with Gasteiger partial charge in [0.25, 0.3) is 5.44 Å². The number of hydrogen-bond donors (Lipinski definition) is 1. The highest BCUT2D eigenvalue weighted by Gasteiger charge is 2.34. The normalized spacial score (nSPS) is 20.1. The molecule has 0 aliphatic heterocycles. The number of ether oxygens (including phenoxy) is 2. The van der Waals surface area contributed by atoms with Gasteiger partial charge in [0, 0.05) is 5.56 Å². The number of hydrogen-bond acceptors (Lipinski definition) is 5. The van der Waals surface area contributed by atoms with Crippen LogP contribution in [0.15, 0.2) is 54.6 Å². The van der Waals surface area contributed by atoms with Crippen molar-refractivity contribution in [3.05, 3.63) is 76.9 Å². The Labute approximate surface area is 255 Å². The maximum absolute atomic E-state index is 13.6. The zero-order valence-electron chi connectivity index (χ0n) is 25.0. The van der Waals surface area contributed by atoms with E-state index in [9.17, 15) is 17.8 Å². The second kappa shape index (κ2) is 13.4. The first kappa shape index (κ1) is 30.1. The Morgan fingerprint density at radius 3 is 1.77 bits per heavy atom. The highest BCUT2D eigenvalue weighted by Crippen LogP contribution is 2.47. The summed E-state index contributed by atoms with van der Waals surface area (Å²) in [6.07, 6.45) is 16.3. The van der Waals surface area contributed by atoms with Gasteiger partial charge in [-0.1, -0.05) is 112 Å². The van der Waals surface area contributed by atoms with Gasteiger partial charge in [-0.2, -0.15) is 8.42 Å². The Morgan fingerprint density at radius 1 is 0.698 bits per heavy atom. The summed E-state index contributed by atoms with van der Waals surface area (Å²) < 4.78 is 47.2. The highest BCUT2D eigenvalue weighted by molar-refractivity contribution is 7.85. The van der Waals surface area contributed by atoms with Gasteiger partial charge < -0.3 is 9.47 Å². The summed E-state index contributed by atoms with van der Waals surface area (Å²) >= 11 is 0. The van der Waals surface area contributed by atoms with E-state index < -0.39 is 21.7 Å². The van der Waals surface area contributed by atoms with Gasteiger partial charge in [0.15, 0.2) is 0 Å². The van der Waals surface area contributed by atoms with Crippen molar-refractivity contribution < 1.29 is 27.2 Å². The summed E-state index contributed by atoms with van der Waals surface area (Å²) in [7, 11) is -4.80. The molecule has 230 valence electrons. The van der Waals surface area contributed by atoms with Crippen molar-refractivity contribution in [2.75, 3.05) is 0 Å². The van der Waals surface area contributed by atoms with E-state index in [1.807, 2.05) is 18.2 Å². The first-order chi connectivity index (χ1) is 20.9. The summed E-state index contributed by atoms with van der Waals surface area (Å²) in [5.41, 5.74) is 1.82. The molecule has 0 saturated heterocycles. The van der Waals surface area contributed by atoms with Crippen LogP contribution in [0.25, 0.3) is 10.8 Å². The summed E-state index contributed by atoms with van der Waals surface area (Å²) in [5.74, 6) is 1.67. The fourth-order valence-electron chi connectivity index (χ4n) is 7.86. The molecule has 3 fully saturated rings. The first-order valence-corrected chi connectivity index (χ1v) is 17.9. The smallest absolute Gasteiger partial charge is 0.407 e. The van der Waals surface area contributed by atoms with E-state index in [4.69, 9.17) is 9.47 Å². The zero-order valence-corrected chi connectivity index (χ0v) is 25.8. The van der Waals surface area contributed by atoms with Gasteiger partial charge in [-0.3, -0.25) is 4.55 Å². The quantitative estimate of drug-likeness (QED) is 0.164. The fourth-order valence-corrected chi connectivity index (χ4v) is 8.58. The van der Waals surface area contributed by atoms with Crippen LogP contribution in [0.1, 0.15) is 142 Å². The summed E-state index contributed by atoms with van der Waals surface area (Å²) in [5, 5.41) is 1.37. The van der Waals surface area contributed by atoms with E-state index in [0.717, 1.165) is 67.9 Å². The van der Waals surface area contributed by atoms with Crippen LogP contribution in [0.2, 0.25) is 0 Å². The molecule has 3 aliphatic rings. The predicted octanol–water partition coefficient (Wildman–Crippen LogP) is 10.1. The molecular weight excluding hydrogens is 560 g/mol. The molecule has 0 aromatic heterocycles. The lowest BCUT2D eigenvalue weighted by atomic mass is 9.75. The third kappa shape index (κ3) is 6.93. The molecule has 3 aliphatic carbocycles. The van der Waals surface area contributed by atoms with Crippen molar-refractivity contribution in [3.63, 3.8) is 0 Å². The molecule has 0 heterocycles. The summed E-state index contributed by atoms with van der Waals surface area (Å²) in [6, 6.07) is 16.9. The molecule has 3 aromatic carbocycles. The number of fused-ring (bicyclic) bond motifs is 1. The SMILES string of the molecule is O=C(Oc1c(C2CCCCC2)cc(C2CCCCC2)cc1C1CCCCC1)OC(c1cccc2ccccc12)S(=O)(=O)O. The molecule has 6 nitrogen and oxygen atoms in total. The average molecular weight is 605 g/mol. The van der Waals surface area contributed by atoms with Crippen LogP contribution in [0.5, 0.6) is 5.75 Å². The number of carbonyl (C=O) groups is 1.